The van der Waals surface area contributed by atoms with Crippen molar-refractivity contribution in [3.63, 3.8) is 0 Å². The third-order valence-electron chi connectivity index (χ3n) is 6.18. The lowest BCUT2D eigenvalue weighted by Crippen LogP contribution is -2.15. The Bertz CT molecular complexity index is 1550. The van der Waals surface area contributed by atoms with Gasteiger partial charge >= 0.3 is 0 Å². The van der Waals surface area contributed by atoms with Crippen molar-refractivity contribution in [2.45, 2.75) is 12.3 Å². The fraction of sp³-hybridized carbons (Fsp3) is 0.148. The predicted octanol–water partition coefficient (Wildman–Crippen LogP) is 4.72. The molecule has 174 valence electrons. The summed E-state index contributed by atoms with van der Waals surface area (Å²) in [5.41, 5.74) is 4.41. The molecular weight excluding hydrogens is 444 g/mol. The predicted molar refractivity (Wildman–Crippen MR) is 129 cm³/mol. The van der Waals surface area contributed by atoms with Gasteiger partial charge in [-0.3, -0.25) is 0 Å². The first kappa shape index (κ1) is 21.0. The highest BCUT2D eigenvalue weighted by molar-refractivity contribution is 5.67. The number of hydrogen-bond acceptors (Lipinski definition) is 7. The van der Waals surface area contributed by atoms with Crippen LogP contribution in [0.5, 0.6) is 28.9 Å². The van der Waals surface area contributed by atoms with Gasteiger partial charge in [-0.2, -0.15) is 0 Å². The quantitative estimate of drug-likeness (QED) is 0.393. The molecule has 8 heteroatoms. The SMILES string of the molecule is COc1ccc(C2c3ccc(O)cc3Oc3ncn4nc(Cc5ccccc5)nc4c32)cc1OC. The van der Waals surface area contributed by atoms with E-state index in [9.17, 15) is 5.11 Å². The topological polar surface area (TPSA) is 91.0 Å². The number of rotatable bonds is 5. The molecule has 3 aromatic carbocycles. The normalized spacial score (nSPS) is 14.2. The van der Waals surface area contributed by atoms with Crippen LogP contribution in [0.1, 0.15) is 34.0 Å². The molecule has 2 aromatic heterocycles. The molecule has 1 aliphatic heterocycles. The number of hydrogen-bond donors (Lipinski definition) is 1. The van der Waals surface area contributed by atoms with Gasteiger partial charge in [0.15, 0.2) is 23.0 Å². The molecule has 0 fully saturated rings. The third kappa shape index (κ3) is 3.59. The molecule has 3 heterocycles. The molecule has 1 aliphatic rings. The summed E-state index contributed by atoms with van der Waals surface area (Å²) in [7, 11) is 3.22. The van der Waals surface area contributed by atoms with Crippen LogP contribution in [0.4, 0.5) is 0 Å². The third-order valence-corrected chi connectivity index (χ3v) is 6.18. The number of fused-ring (bicyclic) bond motifs is 4. The molecule has 1 unspecified atom stereocenters. The van der Waals surface area contributed by atoms with E-state index in [4.69, 9.17) is 19.2 Å². The maximum Gasteiger partial charge on any atom is 0.228 e. The number of aromatic hydroxyl groups is 1. The van der Waals surface area contributed by atoms with Gasteiger partial charge in [0.1, 0.15) is 17.8 Å². The molecule has 5 aromatic rings. The minimum atomic E-state index is -0.279. The lowest BCUT2D eigenvalue weighted by Gasteiger charge is -2.28. The fourth-order valence-corrected chi connectivity index (χ4v) is 4.58. The summed E-state index contributed by atoms with van der Waals surface area (Å²) in [5.74, 6) is 2.75. The maximum atomic E-state index is 10.1. The number of aromatic nitrogens is 4. The molecule has 1 atom stereocenters. The monoisotopic (exact) mass is 466 g/mol. The summed E-state index contributed by atoms with van der Waals surface area (Å²) in [4.78, 5) is 9.44. The molecule has 6 rings (SSSR count). The average Bonchev–Trinajstić information content (AvgIpc) is 3.30. The number of benzene rings is 3. The summed E-state index contributed by atoms with van der Waals surface area (Å²) in [6.07, 6.45) is 2.21. The van der Waals surface area contributed by atoms with Crippen LogP contribution in [0.2, 0.25) is 0 Å². The van der Waals surface area contributed by atoms with E-state index in [0.29, 0.717) is 41.0 Å². The highest BCUT2D eigenvalue weighted by Crippen LogP contribution is 2.49. The number of nitrogens with zero attached hydrogens (tertiary/aromatic N) is 4. The Hall–Kier alpha value is -4.59. The Labute approximate surface area is 201 Å². The first-order valence-electron chi connectivity index (χ1n) is 11.2. The van der Waals surface area contributed by atoms with Crippen molar-refractivity contribution in [1.82, 2.24) is 19.6 Å². The van der Waals surface area contributed by atoms with Gasteiger partial charge in [-0.15, -0.1) is 5.10 Å². The molecule has 0 bridgehead atoms. The van der Waals surface area contributed by atoms with Gasteiger partial charge in [0.05, 0.1) is 19.8 Å². The molecule has 0 spiro atoms. The van der Waals surface area contributed by atoms with Gasteiger partial charge in [0.2, 0.25) is 5.88 Å². The van der Waals surface area contributed by atoms with Gasteiger partial charge in [-0.1, -0.05) is 42.5 Å². The molecule has 0 amide bonds. The van der Waals surface area contributed by atoms with Gasteiger partial charge in [0.25, 0.3) is 0 Å². The van der Waals surface area contributed by atoms with Gasteiger partial charge in [0, 0.05) is 24.0 Å². The lowest BCUT2D eigenvalue weighted by molar-refractivity contribution is 0.354. The van der Waals surface area contributed by atoms with Crippen LogP contribution >= 0.6 is 0 Å². The number of methoxy groups -OCH3 is 2. The summed E-state index contributed by atoms with van der Waals surface area (Å²) < 4.78 is 18.9. The first-order valence-corrected chi connectivity index (χ1v) is 11.2. The molecule has 0 saturated carbocycles. The maximum absolute atomic E-state index is 10.1. The zero-order valence-electron chi connectivity index (χ0n) is 19.2. The van der Waals surface area contributed by atoms with Crippen LogP contribution in [0.3, 0.4) is 0 Å². The smallest absolute Gasteiger partial charge is 0.228 e. The Morgan fingerprint density at radius 2 is 1.80 bits per heavy atom. The van der Waals surface area contributed by atoms with E-state index >= 15 is 0 Å². The second kappa shape index (κ2) is 8.32. The van der Waals surface area contributed by atoms with Crippen LogP contribution in [0.15, 0.2) is 73.1 Å². The molecule has 1 N–H and O–H groups in total. The van der Waals surface area contributed by atoms with E-state index in [2.05, 4.69) is 22.2 Å². The molecule has 0 saturated heterocycles. The van der Waals surface area contributed by atoms with Crippen molar-refractivity contribution in [3.05, 3.63) is 101 Å². The van der Waals surface area contributed by atoms with Crippen LogP contribution in [-0.2, 0) is 6.42 Å². The molecule has 35 heavy (non-hydrogen) atoms. The molecular formula is C27H22N4O4. The highest BCUT2D eigenvalue weighted by atomic mass is 16.5. The van der Waals surface area contributed by atoms with E-state index < -0.39 is 0 Å². The zero-order valence-corrected chi connectivity index (χ0v) is 19.2. The second-order valence-electron chi connectivity index (χ2n) is 8.29. The molecule has 0 radical (unpaired) electrons. The summed E-state index contributed by atoms with van der Waals surface area (Å²) >= 11 is 0. The minimum Gasteiger partial charge on any atom is -0.508 e. The zero-order chi connectivity index (χ0) is 23.9. The summed E-state index contributed by atoms with van der Waals surface area (Å²) in [6.45, 7) is 0. The van der Waals surface area contributed by atoms with Crippen LogP contribution in [-0.4, -0.2) is 38.9 Å². The highest BCUT2D eigenvalue weighted by Gasteiger charge is 2.34. The van der Waals surface area contributed by atoms with Crippen molar-refractivity contribution < 1.29 is 19.3 Å². The second-order valence-corrected chi connectivity index (χ2v) is 8.29. The van der Waals surface area contributed by atoms with Gasteiger partial charge in [-0.05, 0) is 29.3 Å². The van der Waals surface area contributed by atoms with Crippen molar-refractivity contribution in [2.75, 3.05) is 14.2 Å². The van der Waals surface area contributed by atoms with Crippen LogP contribution in [0, 0.1) is 0 Å². The van der Waals surface area contributed by atoms with Crippen molar-refractivity contribution in [2.24, 2.45) is 0 Å². The summed E-state index contributed by atoms with van der Waals surface area (Å²) in [6, 6.07) is 21.0. The Balaban J connectivity index is 1.55. The average molecular weight is 466 g/mol. The van der Waals surface area contributed by atoms with E-state index in [-0.39, 0.29) is 11.7 Å². The molecule has 8 nitrogen and oxygen atoms in total. The number of phenols is 1. The Morgan fingerprint density at radius 1 is 0.971 bits per heavy atom. The van der Waals surface area contributed by atoms with E-state index in [0.717, 1.165) is 22.3 Å². The fourth-order valence-electron chi connectivity index (χ4n) is 4.58. The molecule has 0 aliphatic carbocycles. The van der Waals surface area contributed by atoms with Crippen molar-refractivity contribution in [1.29, 1.82) is 0 Å². The van der Waals surface area contributed by atoms with E-state index in [1.807, 2.05) is 42.5 Å². The van der Waals surface area contributed by atoms with Crippen molar-refractivity contribution >= 4 is 5.65 Å². The van der Waals surface area contributed by atoms with Crippen molar-refractivity contribution in [3.8, 4) is 28.9 Å². The van der Waals surface area contributed by atoms with Crippen LogP contribution in [0.25, 0.3) is 5.65 Å². The minimum absolute atomic E-state index is 0.118. The summed E-state index contributed by atoms with van der Waals surface area (Å²) in [5, 5.41) is 14.8. The van der Waals surface area contributed by atoms with E-state index in [1.165, 1.54) is 0 Å². The largest absolute Gasteiger partial charge is 0.508 e. The van der Waals surface area contributed by atoms with Crippen LogP contribution < -0.4 is 14.2 Å². The number of phenolic OH excluding ortho intramolecular Hbond substituents is 1. The first-order chi connectivity index (χ1) is 17.1. The lowest BCUT2D eigenvalue weighted by atomic mass is 9.83. The standard InChI is InChI=1S/C27H22N4O4/c1-33-20-11-8-17(13-22(20)34-2)24-19-10-9-18(32)14-21(19)35-27-25(24)26-29-23(30-31(26)15-28-27)12-16-6-4-3-5-7-16/h3-11,13-15,24,32H,12H2,1-2H3. The Morgan fingerprint density at radius 3 is 2.60 bits per heavy atom. The van der Waals surface area contributed by atoms with Gasteiger partial charge < -0.3 is 19.3 Å². The van der Waals surface area contributed by atoms with Gasteiger partial charge in [-0.25, -0.2) is 14.5 Å². The Kier molecular flexibility index (Phi) is 4.99. The number of ether oxygens (including phenoxy) is 3. The van der Waals surface area contributed by atoms with E-state index in [1.54, 1.807) is 37.2 Å².